The smallest absolute Gasteiger partial charge is 0.261 e. The SMILES string of the molecule is CC[C@@H](C)NC(=O)[C@H](CC)N(Cc1ccc(C)cc1)C(=O)COc1cccc(C)c1C. The van der Waals surface area contributed by atoms with Crippen LogP contribution in [0.3, 0.4) is 0 Å². The minimum atomic E-state index is -0.551. The van der Waals surface area contributed by atoms with Crippen molar-refractivity contribution < 1.29 is 14.3 Å². The first-order chi connectivity index (χ1) is 14.8. The zero-order valence-electron chi connectivity index (χ0n) is 19.7. The molecule has 0 aliphatic heterocycles. The van der Waals surface area contributed by atoms with Gasteiger partial charge in [0.2, 0.25) is 5.91 Å². The number of benzene rings is 2. The van der Waals surface area contributed by atoms with Gasteiger partial charge in [-0.1, -0.05) is 55.8 Å². The summed E-state index contributed by atoms with van der Waals surface area (Å²) in [5.41, 5.74) is 4.27. The van der Waals surface area contributed by atoms with Crippen LogP contribution in [-0.4, -0.2) is 35.4 Å². The Balaban J connectivity index is 2.23. The Bertz CT molecular complexity index is 877. The lowest BCUT2D eigenvalue weighted by molar-refractivity contribution is -0.143. The van der Waals surface area contributed by atoms with Crippen molar-refractivity contribution in [1.29, 1.82) is 0 Å². The molecule has 0 aliphatic rings. The summed E-state index contributed by atoms with van der Waals surface area (Å²) in [6.07, 6.45) is 1.37. The summed E-state index contributed by atoms with van der Waals surface area (Å²) in [5, 5.41) is 3.03. The third kappa shape index (κ3) is 6.84. The first-order valence-corrected chi connectivity index (χ1v) is 11.1. The van der Waals surface area contributed by atoms with Crippen LogP contribution in [0.15, 0.2) is 42.5 Å². The fourth-order valence-corrected chi connectivity index (χ4v) is 3.35. The average molecular weight is 425 g/mol. The molecule has 2 rings (SSSR count). The second-order valence-electron chi connectivity index (χ2n) is 8.24. The predicted molar refractivity (Wildman–Crippen MR) is 125 cm³/mol. The maximum absolute atomic E-state index is 13.3. The predicted octanol–water partition coefficient (Wildman–Crippen LogP) is 4.71. The zero-order valence-corrected chi connectivity index (χ0v) is 19.7. The van der Waals surface area contributed by atoms with Gasteiger partial charge in [0, 0.05) is 12.6 Å². The highest BCUT2D eigenvalue weighted by Crippen LogP contribution is 2.21. The van der Waals surface area contributed by atoms with Crippen molar-refractivity contribution >= 4 is 11.8 Å². The lowest BCUT2D eigenvalue weighted by Crippen LogP contribution is -2.51. The number of rotatable bonds is 10. The standard InChI is InChI=1S/C26H36N2O3/c1-7-20(5)27-26(30)23(8-2)28(16-22-14-12-18(3)13-15-22)25(29)17-31-24-11-9-10-19(4)21(24)6/h9-15,20,23H,7-8,16-17H2,1-6H3,(H,27,30)/t20-,23+/m1/s1. The number of hydrogen-bond donors (Lipinski definition) is 1. The summed E-state index contributed by atoms with van der Waals surface area (Å²) in [7, 11) is 0. The van der Waals surface area contributed by atoms with Gasteiger partial charge in [-0.15, -0.1) is 0 Å². The van der Waals surface area contributed by atoms with Crippen molar-refractivity contribution in [2.24, 2.45) is 0 Å². The Labute approximate surface area is 186 Å². The maximum atomic E-state index is 13.3. The molecule has 0 fully saturated rings. The van der Waals surface area contributed by atoms with Crippen LogP contribution in [0.5, 0.6) is 5.75 Å². The van der Waals surface area contributed by atoms with Crippen LogP contribution in [0.4, 0.5) is 0 Å². The highest BCUT2D eigenvalue weighted by atomic mass is 16.5. The van der Waals surface area contributed by atoms with E-state index in [-0.39, 0.29) is 24.5 Å². The van der Waals surface area contributed by atoms with Crippen molar-refractivity contribution in [3.8, 4) is 5.75 Å². The number of carbonyl (C=O) groups is 2. The molecule has 0 saturated carbocycles. The molecule has 2 aromatic rings. The van der Waals surface area contributed by atoms with Crippen LogP contribution in [0.1, 0.15) is 55.9 Å². The second kappa shape index (κ2) is 11.5. The molecule has 0 saturated heterocycles. The monoisotopic (exact) mass is 424 g/mol. The number of amides is 2. The van der Waals surface area contributed by atoms with Gasteiger partial charge in [0.1, 0.15) is 11.8 Å². The summed E-state index contributed by atoms with van der Waals surface area (Å²) < 4.78 is 5.87. The number of ether oxygens (including phenoxy) is 1. The van der Waals surface area contributed by atoms with Gasteiger partial charge in [0.05, 0.1) is 0 Å². The molecular formula is C26H36N2O3. The summed E-state index contributed by atoms with van der Waals surface area (Å²) in [6, 6.07) is 13.3. The molecule has 168 valence electrons. The van der Waals surface area contributed by atoms with Crippen molar-refractivity contribution in [2.75, 3.05) is 6.61 Å². The molecule has 1 N–H and O–H groups in total. The molecule has 5 heteroatoms. The van der Waals surface area contributed by atoms with E-state index in [1.165, 1.54) is 0 Å². The van der Waals surface area contributed by atoms with Crippen LogP contribution in [0.25, 0.3) is 0 Å². The van der Waals surface area contributed by atoms with Crippen LogP contribution >= 0.6 is 0 Å². The quantitative estimate of drug-likeness (QED) is 0.601. The highest BCUT2D eigenvalue weighted by molar-refractivity contribution is 5.88. The van der Waals surface area contributed by atoms with E-state index in [2.05, 4.69) is 5.32 Å². The van der Waals surface area contributed by atoms with Gasteiger partial charge in [-0.3, -0.25) is 9.59 Å². The average Bonchev–Trinajstić information content (AvgIpc) is 2.75. The molecule has 0 aromatic heterocycles. The molecular weight excluding hydrogens is 388 g/mol. The Hall–Kier alpha value is -2.82. The summed E-state index contributed by atoms with van der Waals surface area (Å²) in [4.78, 5) is 27.9. The van der Waals surface area contributed by atoms with Crippen molar-refractivity contribution in [2.45, 2.75) is 73.0 Å². The minimum absolute atomic E-state index is 0.0593. The van der Waals surface area contributed by atoms with Gasteiger partial charge >= 0.3 is 0 Å². The van der Waals surface area contributed by atoms with Gasteiger partial charge in [-0.25, -0.2) is 0 Å². The molecule has 0 bridgehead atoms. The van der Waals surface area contributed by atoms with Gasteiger partial charge in [0.15, 0.2) is 6.61 Å². The number of carbonyl (C=O) groups excluding carboxylic acids is 2. The fourth-order valence-electron chi connectivity index (χ4n) is 3.35. The van der Waals surface area contributed by atoms with Crippen LogP contribution in [-0.2, 0) is 16.1 Å². The lowest BCUT2D eigenvalue weighted by Gasteiger charge is -2.31. The third-order valence-electron chi connectivity index (χ3n) is 5.77. The second-order valence-corrected chi connectivity index (χ2v) is 8.24. The lowest BCUT2D eigenvalue weighted by atomic mass is 10.1. The van der Waals surface area contributed by atoms with Crippen molar-refractivity contribution in [3.63, 3.8) is 0 Å². The molecule has 31 heavy (non-hydrogen) atoms. The van der Waals surface area contributed by atoms with E-state index >= 15 is 0 Å². The zero-order chi connectivity index (χ0) is 23.0. The molecule has 0 unspecified atom stereocenters. The molecule has 0 heterocycles. The summed E-state index contributed by atoms with van der Waals surface area (Å²) >= 11 is 0. The number of nitrogens with one attached hydrogen (secondary N) is 1. The van der Waals surface area contributed by atoms with Crippen LogP contribution in [0.2, 0.25) is 0 Å². The number of nitrogens with zero attached hydrogens (tertiary/aromatic N) is 1. The highest BCUT2D eigenvalue weighted by Gasteiger charge is 2.29. The molecule has 2 amide bonds. The largest absolute Gasteiger partial charge is 0.483 e. The van der Waals surface area contributed by atoms with Crippen molar-refractivity contribution in [1.82, 2.24) is 10.2 Å². The first-order valence-electron chi connectivity index (χ1n) is 11.1. The Kier molecular flexibility index (Phi) is 9.10. The van der Waals surface area contributed by atoms with E-state index in [4.69, 9.17) is 4.74 Å². The molecule has 0 aliphatic carbocycles. The fraction of sp³-hybridized carbons (Fsp3) is 0.462. The van der Waals surface area contributed by atoms with Gasteiger partial charge in [0.25, 0.3) is 5.91 Å². The van der Waals surface area contributed by atoms with E-state index < -0.39 is 6.04 Å². The van der Waals surface area contributed by atoms with Crippen molar-refractivity contribution in [3.05, 3.63) is 64.7 Å². The van der Waals surface area contributed by atoms with Crippen LogP contribution < -0.4 is 10.1 Å². The summed E-state index contributed by atoms with van der Waals surface area (Å²) in [6.45, 7) is 12.2. The van der Waals surface area contributed by atoms with E-state index in [9.17, 15) is 9.59 Å². The molecule has 2 atom stereocenters. The number of aryl methyl sites for hydroxylation is 2. The van der Waals surface area contributed by atoms with Gasteiger partial charge < -0.3 is 15.0 Å². The maximum Gasteiger partial charge on any atom is 0.261 e. The first kappa shape index (κ1) is 24.4. The Morgan fingerprint density at radius 3 is 2.29 bits per heavy atom. The van der Waals surface area contributed by atoms with Gasteiger partial charge in [-0.05, 0) is 63.3 Å². The van der Waals surface area contributed by atoms with E-state index in [0.29, 0.717) is 18.7 Å². The molecule has 2 aromatic carbocycles. The Morgan fingerprint density at radius 1 is 1.00 bits per heavy atom. The van der Waals surface area contributed by atoms with Crippen LogP contribution in [0, 0.1) is 20.8 Å². The Morgan fingerprint density at radius 2 is 1.68 bits per heavy atom. The third-order valence-corrected chi connectivity index (χ3v) is 5.77. The molecule has 0 spiro atoms. The summed E-state index contributed by atoms with van der Waals surface area (Å²) in [5.74, 6) is 0.373. The molecule has 5 nitrogen and oxygen atoms in total. The molecule has 0 radical (unpaired) electrons. The minimum Gasteiger partial charge on any atom is -0.483 e. The van der Waals surface area contributed by atoms with E-state index in [0.717, 1.165) is 28.7 Å². The van der Waals surface area contributed by atoms with Gasteiger partial charge in [-0.2, -0.15) is 0 Å². The number of hydrogen-bond acceptors (Lipinski definition) is 3. The van der Waals surface area contributed by atoms with E-state index in [1.54, 1.807) is 4.90 Å². The topological polar surface area (TPSA) is 58.6 Å². The normalized spacial score (nSPS) is 12.7. The van der Waals surface area contributed by atoms with E-state index in [1.807, 2.05) is 84.0 Å².